The molecule has 0 aromatic carbocycles. The van der Waals surface area contributed by atoms with Crippen LogP contribution in [0.15, 0.2) is 12.3 Å². The Hall–Kier alpha value is -1.85. The molecule has 1 aliphatic rings. The highest BCUT2D eigenvalue weighted by molar-refractivity contribution is 5.68. The van der Waals surface area contributed by atoms with Gasteiger partial charge in [-0.25, -0.2) is 14.8 Å². The zero-order chi connectivity index (χ0) is 14.8. The third-order valence-corrected chi connectivity index (χ3v) is 2.84. The number of aryl methyl sites for hydroxylation is 1. The lowest BCUT2D eigenvalue weighted by Crippen LogP contribution is -2.36. The molecule has 6 heteroatoms. The summed E-state index contributed by atoms with van der Waals surface area (Å²) in [5.74, 6) is 0. The zero-order valence-corrected chi connectivity index (χ0v) is 12.4. The van der Waals surface area contributed by atoms with Crippen LogP contribution in [0.1, 0.15) is 32.9 Å². The van der Waals surface area contributed by atoms with E-state index in [1.165, 1.54) is 0 Å². The van der Waals surface area contributed by atoms with Crippen LogP contribution in [0.25, 0.3) is 0 Å². The number of hydrogen-bond acceptors (Lipinski definition) is 5. The lowest BCUT2D eigenvalue weighted by molar-refractivity contribution is 0.0274. The Kier molecular flexibility index (Phi) is 4.11. The molecule has 110 valence electrons. The molecule has 1 aliphatic heterocycles. The minimum absolute atomic E-state index is 0.0793. The van der Waals surface area contributed by atoms with E-state index in [0.29, 0.717) is 19.1 Å². The van der Waals surface area contributed by atoms with Crippen LogP contribution in [0.5, 0.6) is 6.01 Å². The van der Waals surface area contributed by atoms with E-state index in [9.17, 15) is 4.79 Å². The number of amides is 1. The molecule has 0 saturated carbocycles. The van der Waals surface area contributed by atoms with Gasteiger partial charge in [0.2, 0.25) is 0 Å². The summed E-state index contributed by atoms with van der Waals surface area (Å²) < 4.78 is 11.0. The second kappa shape index (κ2) is 5.64. The summed E-state index contributed by atoms with van der Waals surface area (Å²) in [6.45, 7) is 8.59. The maximum absolute atomic E-state index is 11.9. The van der Waals surface area contributed by atoms with E-state index in [2.05, 4.69) is 9.97 Å². The van der Waals surface area contributed by atoms with Gasteiger partial charge in [0.05, 0.1) is 6.54 Å². The summed E-state index contributed by atoms with van der Waals surface area (Å²) in [5.41, 5.74) is 0.382. The van der Waals surface area contributed by atoms with Crippen molar-refractivity contribution in [3.63, 3.8) is 0 Å². The third kappa shape index (κ3) is 4.08. The molecule has 1 amide bonds. The van der Waals surface area contributed by atoms with Crippen molar-refractivity contribution in [2.75, 3.05) is 13.1 Å². The highest BCUT2D eigenvalue weighted by atomic mass is 16.6. The maximum Gasteiger partial charge on any atom is 0.410 e. The lowest BCUT2D eigenvalue weighted by atomic mass is 10.2. The quantitative estimate of drug-likeness (QED) is 0.830. The topological polar surface area (TPSA) is 64.5 Å². The van der Waals surface area contributed by atoms with Gasteiger partial charge in [-0.05, 0) is 33.8 Å². The molecule has 1 aromatic heterocycles. The van der Waals surface area contributed by atoms with Gasteiger partial charge in [0.25, 0.3) is 0 Å². The number of aromatic nitrogens is 2. The molecule has 1 atom stereocenters. The first kappa shape index (κ1) is 14.6. The fraction of sp³-hybridized carbons (Fsp3) is 0.643. The molecule has 0 aliphatic carbocycles. The molecule has 6 nitrogen and oxygen atoms in total. The van der Waals surface area contributed by atoms with Crippen molar-refractivity contribution in [2.24, 2.45) is 0 Å². The Morgan fingerprint density at radius 3 is 2.85 bits per heavy atom. The van der Waals surface area contributed by atoms with Crippen LogP contribution in [0, 0.1) is 6.92 Å². The van der Waals surface area contributed by atoms with Crippen LogP contribution < -0.4 is 4.74 Å². The third-order valence-electron chi connectivity index (χ3n) is 2.84. The number of carbonyl (C=O) groups is 1. The summed E-state index contributed by atoms with van der Waals surface area (Å²) in [5, 5.41) is 0. The summed E-state index contributed by atoms with van der Waals surface area (Å²) in [7, 11) is 0. The maximum atomic E-state index is 11.9. The molecule has 0 spiro atoms. The first-order chi connectivity index (χ1) is 9.33. The number of nitrogens with zero attached hydrogens (tertiary/aromatic N) is 3. The Morgan fingerprint density at radius 2 is 2.20 bits per heavy atom. The average molecular weight is 279 g/mol. The van der Waals surface area contributed by atoms with Crippen LogP contribution >= 0.6 is 0 Å². The van der Waals surface area contributed by atoms with Crippen LogP contribution in [-0.2, 0) is 4.74 Å². The molecule has 2 heterocycles. The molecule has 20 heavy (non-hydrogen) atoms. The minimum Gasteiger partial charge on any atom is -0.458 e. The van der Waals surface area contributed by atoms with Gasteiger partial charge < -0.3 is 14.4 Å². The number of hydrogen-bond donors (Lipinski definition) is 0. The van der Waals surface area contributed by atoms with Gasteiger partial charge in [0, 0.05) is 24.9 Å². The van der Waals surface area contributed by atoms with E-state index >= 15 is 0 Å². The molecular weight excluding hydrogens is 258 g/mol. The van der Waals surface area contributed by atoms with Crippen molar-refractivity contribution >= 4 is 6.09 Å². The second-order valence-electron chi connectivity index (χ2n) is 5.94. The molecule has 2 rings (SSSR count). The van der Waals surface area contributed by atoms with E-state index in [1.807, 2.05) is 33.8 Å². The van der Waals surface area contributed by atoms with Gasteiger partial charge in [-0.3, -0.25) is 0 Å². The Labute approximate surface area is 119 Å². The van der Waals surface area contributed by atoms with E-state index < -0.39 is 5.60 Å². The zero-order valence-electron chi connectivity index (χ0n) is 12.4. The van der Waals surface area contributed by atoms with Gasteiger partial charge >= 0.3 is 12.1 Å². The highest BCUT2D eigenvalue weighted by Crippen LogP contribution is 2.18. The summed E-state index contributed by atoms with van der Waals surface area (Å²) in [6.07, 6.45) is 2.05. The Morgan fingerprint density at radius 1 is 1.45 bits per heavy atom. The van der Waals surface area contributed by atoms with E-state index in [0.717, 1.165) is 12.1 Å². The van der Waals surface area contributed by atoms with Gasteiger partial charge in [0.15, 0.2) is 0 Å². The normalized spacial score (nSPS) is 19.0. The smallest absolute Gasteiger partial charge is 0.410 e. The van der Waals surface area contributed by atoms with E-state index in [-0.39, 0.29) is 12.2 Å². The molecular formula is C14H21N3O3. The number of rotatable bonds is 2. The van der Waals surface area contributed by atoms with Crippen LogP contribution in [0.3, 0.4) is 0 Å². The Bertz CT molecular complexity index is 485. The molecule has 1 aromatic rings. The lowest BCUT2D eigenvalue weighted by Gasteiger charge is -2.24. The van der Waals surface area contributed by atoms with Crippen molar-refractivity contribution in [1.29, 1.82) is 0 Å². The monoisotopic (exact) mass is 279 g/mol. The minimum atomic E-state index is -0.477. The molecule has 0 radical (unpaired) electrons. The van der Waals surface area contributed by atoms with Crippen molar-refractivity contribution in [3.8, 4) is 6.01 Å². The van der Waals surface area contributed by atoms with Crippen molar-refractivity contribution in [1.82, 2.24) is 14.9 Å². The van der Waals surface area contributed by atoms with E-state index in [1.54, 1.807) is 11.1 Å². The predicted molar refractivity (Wildman–Crippen MR) is 73.6 cm³/mol. The highest BCUT2D eigenvalue weighted by Gasteiger charge is 2.31. The summed E-state index contributed by atoms with van der Waals surface area (Å²) >= 11 is 0. The standard InChI is InChI=1S/C14H21N3O3/c1-10-5-7-15-12(16-10)19-11-6-8-17(9-11)13(18)20-14(2,3)4/h5,7,11H,6,8-9H2,1-4H3. The SMILES string of the molecule is Cc1ccnc(OC2CCN(C(=O)OC(C)(C)C)C2)n1. The molecule has 0 bridgehead atoms. The second-order valence-corrected chi connectivity index (χ2v) is 5.94. The largest absolute Gasteiger partial charge is 0.458 e. The number of ether oxygens (including phenoxy) is 2. The molecule has 1 unspecified atom stereocenters. The fourth-order valence-corrected chi connectivity index (χ4v) is 1.95. The molecule has 1 saturated heterocycles. The summed E-state index contributed by atoms with van der Waals surface area (Å²) in [4.78, 5) is 21.9. The van der Waals surface area contributed by atoms with Gasteiger partial charge in [0.1, 0.15) is 11.7 Å². The summed E-state index contributed by atoms with van der Waals surface area (Å²) in [6, 6.07) is 2.18. The van der Waals surface area contributed by atoms with Crippen LogP contribution in [-0.4, -0.2) is 45.8 Å². The number of likely N-dealkylation sites (tertiary alicyclic amines) is 1. The van der Waals surface area contributed by atoms with Crippen LogP contribution in [0.2, 0.25) is 0 Å². The molecule has 1 fully saturated rings. The van der Waals surface area contributed by atoms with Gasteiger partial charge in [-0.15, -0.1) is 0 Å². The van der Waals surface area contributed by atoms with Crippen LogP contribution in [0.4, 0.5) is 4.79 Å². The fourth-order valence-electron chi connectivity index (χ4n) is 1.95. The Balaban J connectivity index is 1.88. The molecule has 0 N–H and O–H groups in total. The average Bonchev–Trinajstić information content (AvgIpc) is 2.75. The van der Waals surface area contributed by atoms with Gasteiger partial charge in [-0.2, -0.15) is 0 Å². The van der Waals surface area contributed by atoms with Crippen molar-refractivity contribution < 1.29 is 14.3 Å². The number of carbonyl (C=O) groups excluding carboxylic acids is 1. The van der Waals surface area contributed by atoms with Gasteiger partial charge in [-0.1, -0.05) is 0 Å². The predicted octanol–water partition coefficient (Wildman–Crippen LogP) is 2.17. The first-order valence-corrected chi connectivity index (χ1v) is 6.78. The van der Waals surface area contributed by atoms with E-state index in [4.69, 9.17) is 9.47 Å². The first-order valence-electron chi connectivity index (χ1n) is 6.78. The van der Waals surface area contributed by atoms with Crippen molar-refractivity contribution in [2.45, 2.75) is 45.8 Å². The van der Waals surface area contributed by atoms with Crippen molar-refractivity contribution in [3.05, 3.63) is 18.0 Å².